The fraction of sp³-hybridized carbons (Fsp3) is 0.304. The fourth-order valence-electron chi connectivity index (χ4n) is 3.37. The molecule has 152 valence electrons. The summed E-state index contributed by atoms with van der Waals surface area (Å²) in [7, 11) is 0. The van der Waals surface area contributed by atoms with Gasteiger partial charge in [-0.05, 0) is 24.0 Å². The van der Waals surface area contributed by atoms with Crippen molar-refractivity contribution in [2.75, 3.05) is 0 Å². The molecule has 1 aromatic heterocycles. The maximum Gasteiger partial charge on any atom is 0.407 e. The molecule has 0 aliphatic rings. The van der Waals surface area contributed by atoms with E-state index in [1.54, 1.807) is 11.7 Å². The summed E-state index contributed by atoms with van der Waals surface area (Å²) in [6, 6.07) is 19.6. The lowest BCUT2D eigenvalue weighted by atomic mass is 9.82. The quantitative estimate of drug-likeness (QED) is 0.543. The van der Waals surface area contributed by atoms with Crippen LogP contribution < -0.4 is 5.32 Å². The van der Waals surface area contributed by atoms with Crippen molar-refractivity contribution in [2.45, 2.75) is 44.4 Å². The lowest BCUT2D eigenvalue weighted by Gasteiger charge is -2.31. The van der Waals surface area contributed by atoms with Crippen LogP contribution in [0.5, 0.6) is 0 Å². The molecule has 2 N–H and O–H groups in total. The van der Waals surface area contributed by atoms with E-state index < -0.39 is 18.2 Å². The number of alkyl carbamates (subject to hydrolysis) is 1. The molecule has 1 amide bonds. The van der Waals surface area contributed by atoms with Gasteiger partial charge in [0.2, 0.25) is 0 Å². The van der Waals surface area contributed by atoms with Crippen molar-refractivity contribution < 1.29 is 14.6 Å². The van der Waals surface area contributed by atoms with Gasteiger partial charge < -0.3 is 15.2 Å². The predicted molar refractivity (Wildman–Crippen MR) is 115 cm³/mol. The molecular formula is C23H26N2O3S. The third-order valence-corrected chi connectivity index (χ3v) is 5.66. The first-order valence-electron chi connectivity index (χ1n) is 9.75. The standard InChI is InChI=1S/C23H26N2O3S/c1-2-21(26)22(25-23(27)28-15-19-14-24-16-29-19)20(18-11-7-4-8-12-18)13-17-9-5-3-6-10-17/h3-12,14,16,20-22,26H,2,13,15H2,1H3,(H,25,27). The van der Waals surface area contributed by atoms with Gasteiger partial charge in [-0.3, -0.25) is 4.98 Å². The van der Waals surface area contributed by atoms with E-state index in [-0.39, 0.29) is 12.5 Å². The van der Waals surface area contributed by atoms with Gasteiger partial charge in [0.1, 0.15) is 6.61 Å². The molecule has 3 aromatic rings. The number of hydrogen-bond donors (Lipinski definition) is 2. The molecule has 3 atom stereocenters. The second-order valence-electron chi connectivity index (χ2n) is 6.90. The third-order valence-electron chi connectivity index (χ3n) is 4.91. The molecule has 5 nitrogen and oxygen atoms in total. The number of aromatic nitrogens is 1. The first-order chi connectivity index (χ1) is 14.2. The number of carbonyl (C=O) groups is 1. The van der Waals surface area contributed by atoms with Crippen LogP contribution in [0.4, 0.5) is 4.79 Å². The summed E-state index contributed by atoms with van der Waals surface area (Å²) in [6.45, 7) is 2.08. The maximum atomic E-state index is 12.5. The van der Waals surface area contributed by atoms with Crippen LogP contribution in [0.1, 0.15) is 35.3 Å². The predicted octanol–water partition coefficient (Wildman–Crippen LogP) is 4.54. The molecule has 2 aromatic carbocycles. The van der Waals surface area contributed by atoms with Gasteiger partial charge in [-0.15, -0.1) is 11.3 Å². The van der Waals surface area contributed by atoms with E-state index in [2.05, 4.69) is 22.4 Å². The second kappa shape index (κ2) is 10.7. The minimum Gasteiger partial charge on any atom is -0.444 e. The van der Waals surface area contributed by atoms with E-state index in [9.17, 15) is 9.90 Å². The number of benzene rings is 2. The van der Waals surface area contributed by atoms with Gasteiger partial charge in [-0.2, -0.15) is 0 Å². The Kier molecular flexibility index (Phi) is 7.78. The SMILES string of the molecule is CCC(O)C(NC(=O)OCc1cncs1)C(Cc1ccccc1)c1ccccc1. The number of carbonyl (C=O) groups excluding carboxylic acids is 1. The highest BCUT2D eigenvalue weighted by Gasteiger charge is 2.31. The van der Waals surface area contributed by atoms with E-state index in [1.807, 2.05) is 55.5 Å². The largest absolute Gasteiger partial charge is 0.444 e. The number of ether oxygens (including phenoxy) is 1. The Morgan fingerprint density at radius 1 is 1.14 bits per heavy atom. The molecule has 3 rings (SSSR count). The zero-order valence-electron chi connectivity index (χ0n) is 16.4. The van der Waals surface area contributed by atoms with Crippen molar-refractivity contribution in [1.29, 1.82) is 0 Å². The molecule has 0 aliphatic carbocycles. The number of aliphatic hydroxyl groups excluding tert-OH is 1. The molecule has 0 spiro atoms. The molecule has 0 saturated carbocycles. The number of nitrogens with zero attached hydrogens (tertiary/aromatic N) is 1. The fourth-order valence-corrected chi connectivity index (χ4v) is 3.87. The van der Waals surface area contributed by atoms with Crippen molar-refractivity contribution in [3.8, 4) is 0 Å². The van der Waals surface area contributed by atoms with Gasteiger partial charge in [0.25, 0.3) is 0 Å². The summed E-state index contributed by atoms with van der Waals surface area (Å²) >= 11 is 1.43. The van der Waals surface area contributed by atoms with Crippen LogP contribution >= 0.6 is 11.3 Å². The van der Waals surface area contributed by atoms with Crippen molar-refractivity contribution in [3.05, 3.63) is 88.4 Å². The molecule has 6 heteroatoms. The number of hydrogen-bond acceptors (Lipinski definition) is 5. The molecule has 0 aliphatic heterocycles. The Hall–Kier alpha value is -2.70. The highest BCUT2D eigenvalue weighted by molar-refractivity contribution is 7.09. The zero-order valence-corrected chi connectivity index (χ0v) is 17.2. The normalized spacial score (nSPS) is 14.0. The first-order valence-corrected chi connectivity index (χ1v) is 10.6. The monoisotopic (exact) mass is 410 g/mol. The molecule has 0 fully saturated rings. The van der Waals surface area contributed by atoms with E-state index in [4.69, 9.17) is 4.74 Å². The van der Waals surface area contributed by atoms with Gasteiger partial charge in [-0.25, -0.2) is 4.79 Å². The lowest BCUT2D eigenvalue weighted by Crippen LogP contribution is -2.47. The van der Waals surface area contributed by atoms with Gasteiger partial charge in [0, 0.05) is 12.1 Å². The van der Waals surface area contributed by atoms with Crippen LogP contribution in [0.15, 0.2) is 72.4 Å². The number of thiazole rings is 1. The zero-order chi connectivity index (χ0) is 20.5. The highest BCUT2D eigenvalue weighted by atomic mass is 32.1. The molecule has 0 bridgehead atoms. The van der Waals surface area contributed by atoms with Gasteiger partial charge in [-0.1, -0.05) is 67.6 Å². The Morgan fingerprint density at radius 3 is 2.45 bits per heavy atom. The van der Waals surface area contributed by atoms with Crippen LogP contribution in [-0.2, 0) is 17.8 Å². The summed E-state index contributed by atoms with van der Waals surface area (Å²) in [5.41, 5.74) is 3.91. The number of aliphatic hydroxyl groups is 1. The smallest absolute Gasteiger partial charge is 0.407 e. The molecule has 29 heavy (non-hydrogen) atoms. The van der Waals surface area contributed by atoms with E-state index in [0.717, 1.165) is 16.0 Å². The van der Waals surface area contributed by atoms with E-state index >= 15 is 0 Å². The van der Waals surface area contributed by atoms with Gasteiger partial charge >= 0.3 is 6.09 Å². The molecule has 0 radical (unpaired) electrons. The van der Waals surface area contributed by atoms with Crippen LogP contribution in [0.3, 0.4) is 0 Å². The molecule has 3 unspecified atom stereocenters. The first kappa shape index (κ1) is 21.0. The Bertz CT molecular complexity index is 856. The summed E-state index contributed by atoms with van der Waals surface area (Å²) in [6.07, 6.45) is 1.67. The summed E-state index contributed by atoms with van der Waals surface area (Å²) in [5.74, 6) is -0.0931. The number of amides is 1. The van der Waals surface area contributed by atoms with Gasteiger partial charge in [0.15, 0.2) is 0 Å². The Morgan fingerprint density at radius 2 is 1.83 bits per heavy atom. The van der Waals surface area contributed by atoms with Crippen molar-refractivity contribution in [3.63, 3.8) is 0 Å². The minimum absolute atomic E-state index is 0.0931. The molecule has 1 heterocycles. The number of nitrogens with one attached hydrogen (secondary N) is 1. The van der Waals surface area contributed by atoms with Crippen LogP contribution in [0.25, 0.3) is 0 Å². The summed E-state index contributed by atoms with van der Waals surface area (Å²) in [4.78, 5) is 17.4. The Balaban J connectivity index is 1.80. The van der Waals surface area contributed by atoms with Crippen molar-refractivity contribution in [1.82, 2.24) is 10.3 Å². The average Bonchev–Trinajstić information content (AvgIpc) is 3.29. The number of rotatable bonds is 9. The second-order valence-corrected chi connectivity index (χ2v) is 7.87. The summed E-state index contributed by atoms with van der Waals surface area (Å²) in [5, 5.41) is 13.7. The van der Waals surface area contributed by atoms with E-state index in [0.29, 0.717) is 12.8 Å². The third kappa shape index (κ3) is 6.14. The van der Waals surface area contributed by atoms with E-state index in [1.165, 1.54) is 11.3 Å². The summed E-state index contributed by atoms with van der Waals surface area (Å²) < 4.78 is 5.36. The lowest BCUT2D eigenvalue weighted by molar-refractivity contribution is 0.0901. The topological polar surface area (TPSA) is 71.5 Å². The maximum absolute atomic E-state index is 12.5. The van der Waals surface area contributed by atoms with Gasteiger partial charge in [0.05, 0.1) is 22.5 Å². The average molecular weight is 411 g/mol. The Labute approximate surface area is 175 Å². The van der Waals surface area contributed by atoms with Crippen molar-refractivity contribution in [2.24, 2.45) is 0 Å². The van der Waals surface area contributed by atoms with Crippen LogP contribution in [-0.4, -0.2) is 28.3 Å². The highest BCUT2D eigenvalue weighted by Crippen LogP contribution is 2.27. The minimum atomic E-state index is -0.695. The van der Waals surface area contributed by atoms with Crippen molar-refractivity contribution >= 4 is 17.4 Å². The van der Waals surface area contributed by atoms with Crippen LogP contribution in [0.2, 0.25) is 0 Å². The van der Waals surface area contributed by atoms with Crippen LogP contribution in [0, 0.1) is 0 Å². The molecular weight excluding hydrogens is 384 g/mol. The molecule has 0 saturated heterocycles.